The fraction of sp³-hybridized carbons (Fsp3) is 0.200. The second-order valence-electron chi connectivity index (χ2n) is 4.73. The number of fused-ring (bicyclic) bond motifs is 1. The van der Waals surface area contributed by atoms with Gasteiger partial charge in [0.15, 0.2) is 18.0 Å². The zero-order chi connectivity index (χ0) is 14.1. The molecular weight excluding hydrogens is 445 g/mol. The maximum absolute atomic E-state index is 5.80. The third-order valence-corrected chi connectivity index (χ3v) is 3.46. The lowest BCUT2D eigenvalue weighted by Gasteiger charge is -1.98. The Labute approximate surface area is 148 Å². The minimum Gasteiger partial charge on any atom is -1.00 e. The standard InChI is InChI=1S/C15H15BrN3O.HI/c1-2-5-19-8-10(6-11(16)9-19)15-18-13-4-3-12(17)7-14(13)20-15;/h3-4,6-9H,2,5,17H2,1H3;1H/q+1;/p-1. The van der Waals surface area contributed by atoms with Gasteiger partial charge in [0.25, 0.3) is 0 Å². The molecule has 0 saturated carbocycles. The summed E-state index contributed by atoms with van der Waals surface area (Å²) in [7, 11) is 0. The Morgan fingerprint density at radius 1 is 1.29 bits per heavy atom. The van der Waals surface area contributed by atoms with Crippen LogP contribution in [-0.4, -0.2) is 4.98 Å². The van der Waals surface area contributed by atoms with Gasteiger partial charge in [-0.2, -0.15) is 0 Å². The number of aryl methyl sites for hydroxylation is 1. The van der Waals surface area contributed by atoms with Gasteiger partial charge in [0.05, 0.1) is 4.47 Å². The molecule has 2 heterocycles. The van der Waals surface area contributed by atoms with Crippen molar-refractivity contribution in [3.8, 4) is 11.5 Å². The van der Waals surface area contributed by atoms with Gasteiger partial charge in [-0.3, -0.25) is 0 Å². The Balaban J connectivity index is 0.00000161. The molecule has 0 spiro atoms. The average molecular weight is 460 g/mol. The van der Waals surface area contributed by atoms with Gasteiger partial charge < -0.3 is 34.1 Å². The summed E-state index contributed by atoms with van der Waals surface area (Å²) < 4.78 is 8.93. The Bertz CT molecular complexity index is 773. The zero-order valence-corrected chi connectivity index (χ0v) is 15.3. The molecule has 0 amide bonds. The summed E-state index contributed by atoms with van der Waals surface area (Å²) in [5, 5.41) is 0. The predicted molar refractivity (Wildman–Crippen MR) is 82.0 cm³/mol. The highest BCUT2D eigenvalue weighted by molar-refractivity contribution is 9.10. The van der Waals surface area contributed by atoms with Crippen LogP contribution in [0.15, 0.2) is 45.5 Å². The second kappa shape index (κ2) is 6.74. The number of hydrogen-bond donors (Lipinski definition) is 1. The first-order valence-electron chi connectivity index (χ1n) is 6.52. The number of pyridine rings is 1. The van der Waals surface area contributed by atoms with E-state index in [0.717, 1.165) is 28.5 Å². The van der Waals surface area contributed by atoms with E-state index < -0.39 is 0 Å². The smallest absolute Gasteiger partial charge is 0.233 e. The molecular formula is C15H15BrIN3O. The quantitative estimate of drug-likeness (QED) is 0.353. The lowest BCUT2D eigenvalue weighted by Crippen LogP contribution is -3.00. The number of hydrogen-bond acceptors (Lipinski definition) is 3. The van der Waals surface area contributed by atoms with E-state index in [0.29, 0.717) is 17.2 Å². The molecule has 0 saturated heterocycles. The SMILES string of the molecule is CCC[n+]1cc(Br)cc(-c2nc3ccc(N)cc3o2)c1.[I-]. The second-order valence-corrected chi connectivity index (χ2v) is 5.64. The molecule has 0 bridgehead atoms. The van der Waals surface area contributed by atoms with Gasteiger partial charge >= 0.3 is 0 Å². The molecule has 0 fully saturated rings. The highest BCUT2D eigenvalue weighted by atomic mass is 127. The Kier molecular flexibility index (Phi) is 5.21. The number of oxazole rings is 1. The van der Waals surface area contributed by atoms with Crippen LogP contribution >= 0.6 is 15.9 Å². The highest BCUT2D eigenvalue weighted by Crippen LogP contribution is 2.26. The third-order valence-electron chi connectivity index (χ3n) is 3.03. The van der Waals surface area contributed by atoms with Crippen LogP contribution in [0.5, 0.6) is 0 Å². The number of anilines is 1. The highest BCUT2D eigenvalue weighted by Gasteiger charge is 2.13. The molecule has 3 aromatic rings. The minimum absolute atomic E-state index is 0. The number of aromatic nitrogens is 2. The van der Waals surface area contributed by atoms with Crippen molar-refractivity contribution in [2.45, 2.75) is 19.9 Å². The fourth-order valence-corrected chi connectivity index (χ4v) is 2.68. The molecule has 4 nitrogen and oxygen atoms in total. The van der Waals surface area contributed by atoms with Crippen LogP contribution in [0.4, 0.5) is 5.69 Å². The van der Waals surface area contributed by atoms with E-state index in [-0.39, 0.29) is 24.0 Å². The molecule has 21 heavy (non-hydrogen) atoms. The first-order chi connectivity index (χ1) is 9.65. The average Bonchev–Trinajstić information content (AvgIpc) is 2.81. The lowest BCUT2D eigenvalue weighted by molar-refractivity contribution is -0.697. The molecule has 0 unspecified atom stereocenters. The van der Waals surface area contributed by atoms with Gasteiger partial charge in [-0.1, -0.05) is 6.92 Å². The summed E-state index contributed by atoms with van der Waals surface area (Å²) >= 11 is 3.53. The van der Waals surface area contributed by atoms with Crippen molar-refractivity contribution in [1.82, 2.24) is 4.98 Å². The van der Waals surface area contributed by atoms with E-state index in [1.165, 1.54) is 0 Å². The number of nitrogen functional groups attached to an aromatic ring is 1. The van der Waals surface area contributed by atoms with E-state index in [9.17, 15) is 0 Å². The summed E-state index contributed by atoms with van der Waals surface area (Å²) in [5.41, 5.74) is 8.91. The van der Waals surface area contributed by atoms with Gasteiger partial charge in [-0.15, -0.1) is 0 Å². The largest absolute Gasteiger partial charge is 1.00 e. The molecule has 6 heteroatoms. The summed E-state index contributed by atoms with van der Waals surface area (Å²) in [5.74, 6) is 0.608. The molecule has 3 rings (SSSR count). The topological polar surface area (TPSA) is 55.9 Å². The summed E-state index contributed by atoms with van der Waals surface area (Å²) in [6.07, 6.45) is 5.17. The van der Waals surface area contributed by atoms with E-state index >= 15 is 0 Å². The molecule has 0 atom stereocenters. The van der Waals surface area contributed by atoms with Crippen LogP contribution in [0.3, 0.4) is 0 Å². The lowest BCUT2D eigenvalue weighted by atomic mass is 10.3. The van der Waals surface area contributed by atoms with E-state index in [1.54, 1.807) is 6.07 Å². The van der Waals surface area contributed by atoms with Crippen molar-refractivity contribution in [2.24, 2.45) is 0 Å². The fourth-order valence-electron chi connectivity index (χ4n) is 2.17. The minimum atomic E-state index is 0. The molecule has 0 aliphatic heterocycles. The van der Waals surface area contributed by atoms with Gasteiger partial charge in [0.2, 0.25) is 5.89 Å². The normalized spacial score (nSPS) is 10.6. The molecule has 0 aliphatic carbocycles. The molecule has 110 valence electrons. The monoisotopic (exact) mass is 459 g/mol. The third kappa shape index (κ3) is 3.55. The Hall–Kier alpha value is -1.15. The first kappa shape index (κ1) is 16.2. The van der Waals surface area contributed by atoms with Crippen molar-refractivity contribution >= 4 is 32.7 Å². The predicted octanol–water partition coefficient (Wildman–Crippen LogP) is 0.541. The van der Waals surface area contributed by atoms with Crippen LogP contribution in [0.25, 0.3) is 22.6 Å². The molecule has 2 aromatic heterocycles. The van der Waals surface area contributed by atoms with Crippen molar-refractivity contribution in [1.29, 1.82) is 0 Å². The van der Waals surface area contributed by atoms with Crippen LogP contribution in [0.1, 0.15) is 13.3 Å². The molecule has 1 aromatic carbocycles. The number of halogens is 2. The summed E-state index contributed by atoms with van der Waals surface area (Å²) in [6.45, 7) is 3.11. The van der Waals surface area contributed by atoms with Crippen molar-refractivity contribution in [3.63, 3.8) is 0 Å². The number of nitrogens with zero attached hydrogens (tertiary/aromatic N) is 2. The van der Waals surface area contributed by atoms with E-state index in [4.69, 9.17) is 10.2 Å². The number of benzene rings is 1. The van der Waals surface area contributed by atoms with Crippen LogP contribution in [0, 0.1) is 0 Å². The maximum Gasteiger partial charge on any atom is 0.233 e. The Morgan fingerprint density at radius 2 is 2.10 bits per heavy atom. The first-order valence-corrected chi connectivity index (χ1v) is 7.31. The van der Waals surface area contributed by atoms with Crippen LogP contribution in [-0.2, 0) is 6.54 Å². The molecule has 0 aliphatic rings. The summed E-state index contributed by atoms with van der Waals surface area (Å²) in [4.78, 5) is 4.51. The molecule has 0 radical (unpaired) electrons. The number of rotatable bonds is 3. The summed E-state index contributed by atoms with van der Waals surface area (Å²) in [6, 6.07) is 7.49. The Morgan fingerprint density at radius 3 is 2.86 bits per heavy atom. The van der Waals surface area contributed by atoms with Crippen molar-refractivity contribution < 1.29 is 33.0 Å². The van der Waals surface area contributed by atoms with E-state index in [2.05, 4.69) is 32.4 Å². The van der Waals surface area contributed by atoms with Gasteiger partial charge in [0, 0.05) is 18.2 Å². The van der Waals surface area contributed by atoms with Gasteiger partial charge in [-0.05, 0) is 34.1 Å². The van der Waals surface area contributed by atoms with Crippen molar-refractivity contribution in [3.05, 3.63) is 41.1 Å². The maximum atomic E-state index is 5.80. The van der Waals surface area contributed by atoms with E-state index in [1.807, 2.05) is 30.6 Å². The number of nitrogens with two attached hydrogens (primary N) is 1. The van der Waals surface area contributed by atoms with Gasteiger partial charge in [-0.25, -0.2) is 9.55 Å². The van der Waals surface area contributed by atoms with Crippen molar-refractivity contribution in [2.75, 3.05) is 5.73 Å². The zero-order valence-electron chi connectivity index (χ0n) is 11.5. The van der Waals surface area contributed by atoms with Crippen LogP contribution < -0.4 is 34.3 Å². The van der Waals surface area contributed by atoms with Gasteiger partial charge in [0.1, 0.15) is 17.6 Å². The molecule has 2 N–H and O–H groups in total. The van der Waals surface area contributed by atoms with Crippen LogP contribution in [0.2, 0.25) is 0 Å².